The van der Waals surface area contributed by atoms with Gasteiger partial charge in [-0.3, -0.25) is 4.79 Å². The van der Waals surface area contributed by atoms with Crippen molar-refractivity contribution in [3.8, 4) is 0 Å². The number of aliphatic hydroxyl groups excluding tert-OH is 2. The monoisotopic (exact) mass is 252 g/mol. The Bertz CT molecular complexity index is 622. The molecule has 0 aliphatic carbocycles. The van der Waals surface area contributed by atoms with Crippen LogP contribution in [0.5, 0.6) is 0 Å². The van der Waals surface area contributed by atoms with Gasteiger partial charge < -0.3 is 19.5 Å². The minimum atomic E-state index is -0.729. The molecule has 0 spiro atoms. The number of hydrogen-bond acceptors (Lipinski definition) is 6. The van der Waals surface area contributed by atoms with Gasteiger partial charge in [0.1, 0.15) is 12.3 Å². The van der Waals surface area contributed by atoms with Gasteiger partial charge >= 0.3 is 0 Å². The van der Waals surface area contributed by atoms with Gasteiger partial charge in [0, 0.05) is 6.42 Å². The zero-order chi connectivity index (χ0) is 12.7. The van der Waals surface area contributed by atoms with Gasteiger partial charge in [-0.25, -0.2) is 10.1 Å². The zero-order valence-electron chi connectivity index (χ0n) is 9.35. The van der Waals surface area contributed by atoms with Crippen LogP contribution in [0.3, 0.4) is 0 Å². The molecule has 8 heteroatoms. The van der Waals surface area contributed by atoms with Gasteiger partial charge in [0.05, 0.1) is 30.8 Å². The molecule has 1 aliphatic heterocycles. The third kappa shape index (κ3) is 1.62. The van der Waals surface area contributed by atoms with E-state index in [0.29, 0.717) is 11.9 Å². The van der Waals surface area contributed by atoms with E-state index in [4.69, 9.17) is 9.84 Å². The molecule has 3 atom stereocenters. The first kappa shape index (κ1) is 11.3. The maximum atomic E-state index is 11.5. The van der Waals surface area contributed by atoms with Crippen LogP contribution in [-0.2, 0) is 4.74 Å². The quantitative estimate of drug-likeness (QED) is 0.616. The molecule has 3 N–H and O–H groups in total. The van der Waals surface area contributed by atoms with E-state index in [1.54, 1.807) is 4.57 Å². The van der Waals surface area contributed by atoms with Crippen LogP contribution in [0.1, 0.15) is 12.6 Å². The first-order valence-electron chi connectivity index (χ1n) is 5.55. The summed E-state index contributed by atoms with van der Waals surface area (Å²) < 4.78 is 7.13. The summed E-state index contributed by atoms with van der Waals surface area (Å²) in [5.74, 6) is 0. The Balaban J connectivity index is 2.01. The van der Waals surface area contributed by atoms with Crippen LogP contribution >= 0.6 is 0 Å². The maximum absolute atomic E-state index is 11.5. The molecule has 0 radical (unpaired) electrons. The van der Waals surface area contributed by atoms with E-state index in [9.17, 15) is 9.90 Å². The minimum absolute atomic E-state index is 0.247. The van der Waals surface area contributed by atoms with E-state index in [2.05, 4.69) is 15.2 Å². The van der Waals surface area contributed by atoms with Gasteiger partial charge in [-0.15, -0.1) is 0 Å². The van der Waals surface area contributed by atoms with E-state index in [-0.39, 0.29) is 17.7 Å². The number of imidazole rings is 1. The third-order valence-electron chi connectivity index (χ3n) is 3.09. The van der Waals surface area contributed by atoms with E-state index < -0.39 is 18.4 Å². The van der Waals surface area contributed by atoms with Crippen molar-refractivity contribution in [2.24, 2.45) is 0 Å². The molecule has 0 unspecified atom stereocenters. The van der Waals surface area contributed by atoms with Crippen molar-refractivity contribution in [1.29, 1.82) is 0 Å². The maximum Gasteiger partial charge on any atom is 0.292 e. The number of rotatable bonds is 2. The summed E-state index contributed by atoms with van der Waals surface area (Å²) in [7, 11) is 0. The summed E-state index contributed by atoms with van der Waals surface area (Å²) in [6.07, 6.45) is 1.49. The molecular formula is C10H12N4O4. The lowest BCUT2D eigenvalue weighted by Gasteiger charge is -2.13. The van der Waals surface area contributed by atoms with E-state index in [0.717, 1.165) is 0 Å². The van der Waals surface area contributed by atoms with E-state index in [1.807, 2.05) is 0 Å². The minimum Gasteiger partial charge on any atom is -0.394 e. The number of nitrogens with one attached hydrogen (secondary N) is 1. The molecule has 3 rings (SSSR count). The second-order valence-electron chi connectivity index (χ2n) is 4.20. The largest absolute Gasteiger partial charge is 0.394 e. The number of aromatic amines is 1. The number of H-pyrrole nitrogens is 1. The number of fused-ring (bicyclic) bond motifs is 1. The molecule has 1 aliphatic rings. The Morgan fingerprint density at radius 3 is 3.17 bits per heavy atom. The fourth-order valence-corrected chi connectivity index (χ4v) is 2.16. The number of aromatic nitrogens is 4. The summed E-state index contributed by atoms with van der Waals surface area (Å²) in [5, 5.41) is 24.7. The fourth-order valence-electron chi connectivity index (χ4n) is 2.16. The second-order valence-corrected chi connectivity index (χ2v) is 4.20. The first-order chi connectivity index (χ1) is 8.70. The Morgan fingerprint density at radius 1 is 1.61 bits per heavy atom. The van der Waals surface area contributed by atoms with Crippen molar-refractivity contribution in [2.75, 3.05) is 6.61 Å². The van der Waals surface area contributed by atoms with Crippen LogP contribution in [0, 0.1) is 0 Å². The molecule has 3 heterocycles. The van der Waals surface area contributed by atoms with Crippen LogP contribution in [0.4, 0.5) is 0 Å². The summed E-state index contributed by atoms with van der Waals surface area (Å²) >= 11 is 0. The number of ether oxygens (including phenoxy) is 1. The standard InChI is InChI=1S/C10H12N4O4/c15-3-7-6(16)1-8(18-7)14-4-11-9-5(14)2-12-13-10(9)17/h2,4,6-8,15-16H,1,3H2,(H,13,17)/t6-,7+,8+/m0/s1. The Kier molecular flexibility index (Phi) is 2.62. The van der Waals surface area contributed by atoms with Crippen molar-refractivity contribution in [1.82, 2.24) is 19.7 Å². The van der Waals surface area contributed by atoms with Crippen LogP contribution in [0.15, 0.2) is 17.3 Å². The summed E-state index contributed by atoms with van der Waals surface area (Å²) in [6.45, 7) is -0.247. The molecule has 0 bridgehead atoms. The molecule has 0 amide bonds. The molecule has 1 saturated heterocycles. The molecule has 96 valence electrons. The SMILES string of the molecule is O=c1[nH]ncc2c1ncn2[C@H]1C[C@H](O)[C@@H](CO)O1. The summed E-state index contributed by atoms with van der Waals surface area (Å²) in [5.41, 5.74) is 0.439. The van der Waals surface area contributed by atoms with Crippen molar-refractivity contribution >= 4 is 11.0 Å². The van der Waals surface area contributed by atoms with Crippen molar-refractivity contribution in [3.63, 3.8) is 0 Å². The molecule has 0 saturated carbocycles. The molecule has 0 aromatic carbocycles. The molecule has 2 aromatic heterocycles. The molecule has 2 aromatic rings. The average molecular weight is 252 g/mol. The van der Waals surface area contributed by atoms with Crippen LogP contribution in [0.25, 0.3) is 11.0 Å². The summed E-state index contributed by atoms with van der Waals surface area (Å²) in [6, 6.07) is 0. The first-order valence-corrected chi connectivity index (χ1v) is 5.55. The van der Waals surface area contributed by atoms with Gasteiger partial charge in [-0.1, -0.05) is 0 Å². The lowest BCUT2D eigenvalue weighted by Crippen LogP contribution is -2.24. The molecule has 18 heavy (non-hydrogen) atoms. The predicted molar refractivity (Wildman–Crippen MR) is 59.8 cm³/mol. The molecule has 8 nitrogen and oxygen atoms in total. The van der Waals surface area contributed by atoms with Gasteiger partial charge in [-0.2, -0.15) is 5.10 Å². The molecular weight excluding hydrogens is 240 g/mol. The molecule has 1 fully saturated rings. The highest BCUT2D eigenvalue weighted by molar-refractivity contribution is 5.72. The zero-order valence-corrected chi connectivity index (χ0v) is 9.35. The number of nitrogens with zero attached hydrogens (tertiary/aromatic N) is 3. The van der Waals surface area contributed by atoms with Crippen molar-refractivity contribution in [3.05, 3.63) is 22.9 Å². The predicted octanol–water partition coefficient (Wildman–Crippen LogP) is -1.24. The van der Waals surface area contributed by atoms with Gasteiger partial charge in [0.15, 0.2) is 5.52 Å². The smallest absolute Gasteiger partial charge is 0.292 e. The second kappa shape index (κ2) is 4.16. The van der Waals surface area contributed by atoms with Crippen molar-refractivity contribution < 1.29 is 14.9 Å². The highest BCUT2D eigenvalue weighted by atomic mass is 16.5. The van der Waals surface area contributed by atoms with Crippen LogP contribution in [-0.4, -0.2) is 48.8 Å². The van der Waals surface area contributed by atoms with E-state index in [1.165, 1.54) is 12.5 Å². The third-order valence-corrected chi connectivity index (χ3v) is 3.09. The Hall–Kier alpha value is -1.77. The lowest BCUT2D eigenvalue weighted by molar-refractivity contribution is -0.0430. The lowest BCUT2D eigenvalue weighted by atomic mass is 10.2. The van der Waals surface area contributed by atoms with Gasteiger partial charge in [-0.05, 0) is 0 Å². The highest BCUT2D eigenvalue weighted by Crippen LogP contribution is 2.30. The van der Waals surface area contributed by atoms with Crippen LogP contribution < -0.4 is 5.56 Å². The highest BCUT2D eigenvalue weighted by Gasteiger charge is 2.35. The normalized spacial score (nSPS) is 28.0. The fraction of sp³-hybridized carbons (Fsp3) is 0.500. The number of hydrogen-bond donors (Lipinski definition) is 3. The Labute approximate surface area is 101 Å². The van der Waals surface area contributed by atoms with Gasteiger partial charge in [0.2, 0.25) is 0 Å². The van der Waals surface area contributed by atoms with Crippen molar-refractivity contribution in [2.45, 2.75) is 24.9 Å². The van der Waals surface area contributed by atoms with E-state index >= 15 is 0 Å². The van der Waals surface area contributed by atoms with Crippen LogP contribution in [0.2, 0.25) is 0 Å². The Morgan fingerprint density at radius 2 is 2.44 bits per heavy atom. The average Bonchev–Trinajstić information content (AvgIpc) is 2.93. The summed E-state index contributed by atoms with van der Waals surface area (Å²) in [4.78, 5) is 15.5. The van der Waals surface area contributed by atoms with Gasteiger partial charge in [0.25, 0.3) is 5.56 Å². The topological polar surface area (TPSA) is 113 Å². The number of aliphatic hydroxyl groups is 2.